The highest BCUT2D eigenvalue weighted by Gasteiger charge is 2.22. The van der Waals surface area contributed by atoms with Gasteiger partial charge in [-0.2, -0.15) is 0 Å². The molecule has 0 radical (unpaired) electrons. The summed E-state index contributed by atoms with van der Waals surface area (Å²) in [5.74, 6) is -1.38. The molecule has 2 aromatic heterocycles. The van der Waals surface area contributed by atoms with Crippen LogP contribution in [0.3, 0.4) is 0 Å². The first-order chi connectivity index (χ1) is 14.0. The lowest BCUT2D eigenvalue weighted by atomic mass is 10.0. The van der Waals surface area contributed by atoms with Gasteiger partial charge in [-0.1, -0.05) is 12.1 Å². The zero-order chi connectivity index (χ0) is 20.5. The Bertz CT molecular complexity index is 1180. The topological polar surface area (TPSA) is 138 Å². The molecule has 1 aliphatic heterocycles. The molecule has 3 heterocycles. The van der Waals surface area contributed by atoms with Gasteiger partial charge >= 0.3 is 5.97 Å². The molecule has 8 nitrogen and oxygen atoms in total. The molecule has 0 fully saturated rings. The highest BCUT2D eigenvalue weighted by atomic mass is 32.1. The van der Waals surface area contributed by atoms with Crippen molar-refractivity contribution in [2.24, 2.45) is 5.73 Å². The summed E-state index contributed by atoms with van der Waals surface area (Å²) < 4.78 is 0. The summed E-state index contributed by atoms with van der Waals surface area (Å²) in [5.41, 5.74) is 9.43. The number of H-pyrrole nitrogens is 1. The summed E-state index contributed by atoms with van der Waals surface area (Å²) in [5, 5.41) is 12.2. The smallest absolute Gasteiger partial charge is 0.372 e. The Hall–Kier alpha value is -3.04. The number of amides is 1. The molecule has 1 aromatic carbocycles. The molecule has 2 aliphatic rings. The van der Waals surface area contributed by atoms with Crippen LogP contribution in [-0.4, -0.2) is 27.0 Å². The lowest BCUT2D eigenvalue weighted by Gasteiger charge is -2.17. The lowest BCUT2D eigenvalue weighted by molar-refractivity contribution is -0.116. The number of thiophene rings is 1. The molecule has 0 atom stereocenters. The Morgan fingerprint density at radius 1 is 1.21 bits per heavy atom. The third kappa shape index (κ3) is 3.79. The standard InChI is InChI=1S/C10H8N2O3S.C10H12N2O/c13-8-6-4-2-1-3-5(4)16-9(6)12-7(11-8)10(14)15;11-6-7-1-2-8-3-4-10(13)12-9(8)5-7/h1-3H2,(H,14,15)(H,11,12,13);1-2,5H,3-4,6,11H2,(H,12,13). The minimum Gasteiger partial charge on any atom is -0.475 e. The minimum atomic E-state index is -1.20. The van der Waals surface area contributed by atoms with Crippen LogP contribution in [0.1, 0.15) is 45.0 Å². The highest BCUT2D eigenvalue weighted by Crippen LogP contribution is 2.34. The molecule has 1 amide bonds. The largest absolute Gasteiger partial charge is 0.475 e. The number of rotatable bonds is 2. The molecule has 0 bridgehead atoms. The van der Waals surface area contributed by atoms with Gasteiger partial charge in [0.05, 0.1) is 5.39 Å². The number of hydrogen-bond acceptors (Lipinski definition) is 6. The van der Waals surface area contributed by atoms with Crippen LogP contribution < -0.4 is 16.6 Å². The summed E-state index contributed by atoms with van der Waals surface area (Å²) in [7, 11) is 0. The van der Waals surface area contributed by atoms with Crippen molar-refractivity contribution in [3.8, 4) is 0 Å². The summed E-state index contributed by atoms with van der Waals surface area (Å²) >= 11 is 1.44. The van der Waals surface area contributed by atoms with E-state index in [1.807, 2.05) is 18.2 Å². The van der Waals surface area contributed by atoms with E-state index in [2.05, 4.69) is 15.3 Å². The summed E-state index contributed by atoms with van der Waals surface area (Å²) in [6.07, 6.45) is 4.36. The van der Waals surface area contributed by atoms with Crippen molar-refractivity contribution in [1.82, 2.24) is 9.97 Å². The molecule has 0 spiro atoms. The number of benzene rings is 1. The number of fused-ring (bicyclic) bond motifs is 4. The van der Waals surface area contributed by atoms with Crippen LogP contribution in [-0.2, 0) is 30.6 Å². The van der Waals surface area contributed by atoms with E-state index in [4.69, 9.17) is 10.8 Å². The molecule has 5 rings (SSSR count). The van der Waals surface area contributed by atoms with Crippen molar-refractivity contribution < 1.29 is 14.7 Å². The van der Waals surface area contributed by atoms with Gasteiger partial charge in [0.15, 0.2) is 0 Å². The second-order valence-electron chi connectivity index (χ2n) is 7.00. The Morgan fingerprint density at radius 3 is 2.79 bits per heavy atom. The zero-order valence-electron chi connectivity index (χ0n) is 15.6. The van der Waals surface area contributed by atoms with Crippen LogP contribution in [0.5, 0.6) is 0 Å². The second-order valence-corrected chi connectivity index (χ2v) is 8.08. The SMILES string of the molecule is NCc1ccc2c(c1)NC(=O)CC2.O=C(O)c1nc2sc3c(c2c(=O)[nH]1)CCC3. The summed E-state index contributed by atoms with van der Waals surface area (Å²) in [6, 6.07) is 6.00. The monoisotopic (exact) mass is 412 g/mol. The maximum atomic E-state index is 11.8. The third-order valence-corrected chi connectivity index (χ3v) is 6.27. The number of anilines is 1. The van der Waals surface area contributed by atoms with Gasteiger partial charge in [-0.25, -0.2) is 9.78 Å². The molecule has 9 heteroatoms. The average Bonchev–Trinajstić information content (AvgIpc) is 3.28. The van der Waals surface area contributed by atoms with Gasteiger partial charge in [0.1, 0.15) is 4.83 Å². The maximum absolute atomic E-state index is 11.8. The van der Waals surface area contributed by atoms with E-state index in [0.29, 0.717) is 23.2 Å². The van der Waals surface area contributed by atoms with Crippen LogP contribution >= 0.6 is 11.3 Å². The lowest BCUT2D eigenvalue weighted by Crippen LogP contribution is -2.19. The van der Waals surface area contributed by atoms with Crippen LogP contribution in [0.4, 0.5) is 5.69 Å². The van der Waals surface area contributed by atoms with E-state index in [1.54, 1.807) is 0 Å². The Kier molecular flexibility index (Phi) is 5.16. The highest BCUT2D eigenvalue weighted by molar-refractivity contribution is 7.18. The van der Waals surface area contributed by atoms with Gasteiger partial charge in [0.2, 0.25) is 11.7 Å². The van der Waals surface area contributed by atoms with Gasteiger partial charge in [-0.05, 0) is 48.4 Å². The Morgan fingerprint density at radius 2 is 2.03 bits per heavy atom. The summed E-state index contributed by atoms with van der Waals surface area (Å²) in [4.78, 5) is 41.6. The second kappa shape index (κ2) is 7.76. The quantitative estimate of drug-likeness (QED) is 0.509. The van der Waals surface area contributed by atoms with E-state index < -0.39 is 5.97 Å². The van der Waals surface area contributed by atoms with Crippen LogP contribution in [0.25, 0.3) is 10.2 Å². The fraction of sp³-hybridized carbons (Fsp3) is 0.300. The van der Waals surface area contributed by atoms with Crippen LogP contribution in [0.15, 0.2) is 23.0 Å². The molecule has 0 unspecified atom stereocenters. The number of aromatic amines is 1. The van der Waals surface area contributed by atoms with Crippen LogP contribution in [0, 0.1) is 0 Å². The normalized spacial score (nSPS) is 14.6. The average molecular weight is 412 g/mol. The Labute approximate surface area is 169 Å². The third-order valence-electron chi connectivity index (χ3n) is 5.08. The first kappa shape index (κ1) is 19.3. The number of aromatic nitrogens is 2. The van der Waals surface area contributed by atoms with Crippen LogP contribution in [0.2, 0.25) is 0 Å². The van der Waals surface area contributed by atoms with Gasteiger partial charge in [-0.15, -0.1) is 11.3 Å². The molecular formula is C20H20N4O4S. The first-order valence-corrected chi connectivity index (χ1v) is 10.2. The number of nitrogens with zero attached hydrogens (tertiary/aromatic N) is 1. The molecule has 29 heavy (non-hydrogen) atoms. The van der Waals surface area contributed by atoms with E-state index in [9.17, 15) is 14.4 Å². The molecule has 0 saturated carbocycles. The molecule has 150 valence electrons. The zero-order valence-corrected chi connectivity index (χ0v) is 16.4. The number of carbonyl (C=O) groups excluding carboxylic acids is 1. The molecule has 0 saturated heterocycles. The number of aryl methyl sites for hydroxylation is 3. The van der Waals surface area contributed by atoms with E-state index in [1.165, 1.54) is 21.8 Å². The van der Waals surface area contributed by atoms with Crippen molar-refractivity contribution in [1.29, 1.82) is 0 Å². The van der Waals surface area contributed by atoms with E-state index >= 15 is 0 Å². The maximum Gasteiger partial charge on any atom is 0.372 e. The predicted molar refractivity (Wildman–Crippen MR) is 111 cm³/mol. The van der Waals surface area contributed by atoms with Crippen molar-refractivity contribution in [3.05, 3.63) is 55.9 Å². The molecule has 5 N–H and O–H groups in total. The Balaban J connectivity index is 0.000000145. The van der Waals surface area contributed by atoms with Crippen molar-refractivity contribution in [2.75, 3.05) is 5.32 Å². The van der Waals surface area contributed by atoms with Crippen molar-refractivity contribution in [3.63, 3.8) is 0 Å². The number of hydrogen-bond donors (Lipinski definition) is 4. The molecular weight excluding hydrogens is 392 g/mol. The van der Waals surface area contributed by atoms with Crippen molar-refractivity contribution >= 4 is 39.1 Å². The number of aromatic carboxylic acids is 1. The number of carboxylic acids is 1. The number of nitrogens with two attached hydrogens (primary N) is 1. The summed E-state index contributed by atoms with van der Waals surface area (Å²) in [6.45, 7) is 0.517. The predicted octanol–water partition coefficient (Wildman–Crippen LogP) is 2.20. The number of carboxylic acid groups (broad SMARTS) is 1. The fourth-order valence-electron chi connectivity index (χ4n) is 3.65. The van der Waals surface area contributed by atoms with E-state index in [-0.39, 0.29) is 17.3 Å². The van der Waals surface area contributed by atoms with Gasteiger partial charge in [-0.3, -0.25) is 9.59 Å². The van der Waals surface area contributed by atoms with E-state index in [0.717, 1.165) is 42.5 Å². The van der Waals surface area contributed by atoms with Gasteiger partial charge < -0.3 is 21.1 Å². The fourth-order valence-corrected chi connectivity index (χ4v) is 4.91. The molecule has 3 aromatic rings. The van der Waals surface area contributed by atoms with Crippen molar-refractivity contribution in [2.45, 2.75) is 38.6 Å². The molecule has 1 aliphatic carbocycles. The minimum absolute atomic E-state index is 0.0988. The first-order valence-electron chi connectivity index (χ1n) is 9.36. The number of carbonyl (C=O) groups is 2. The number of nitrogens with one attached hydrogen (secondary N) is 2. The van der Waals surface area contributed by atoms with Gasteiger partial charge in [0.25, 0.3) is 5.56 Å². The van der Waals surface area contributed by atoms with Gasteiger partial charge in [0, 0.05) is 23.5 Å².